The van der Waals surface area contributed by atoms with Crippen molar-refractivity contribution in [3.8, 4) is 0 Å². The number of benzene rings is 2. The highest BCUT2D eigenvalue weighted by molar-refractivity contribution is 5.79. The van der Waals surface area contributed by atoms with Gasteiger partial charge in [0.1, 0.15) is 6.54 Å². The lowest BCUT2D eigenvalue weighted by molar-refractivity contribution is -0.122. The van der Waals surface area contributed by atoms with Crippen LogP contribution < -0.4 is 10.9 Å². The minimum atomic E-state index is -0.201. The Labute approximate surface area is 146 Å². The number of carbonyl (C=O) groups excluding carboxylic acids is 1. The highest BCUT2D eigenvalue weighted by atomic mass is 16.2. The number of amides is 1. The van der Waals surface area contributed by atoms with Gasteiger partial charge in [-0.1, -0.05) is 55.8 Å². The summed E-state index contributed by atoms with van der Waals surface area (Å²) in [5, 5.41) is 3.55. The Morgan fingerprint density at radius 2 is 1.84 bits per heavy atom. The van der Waals surface area contributed by atoms with E-state index >= 15 is 0 Å². The summed E-state index contributed by atoms with van der Waals surface area (Å²) in [4.78, 5) is 29.2. The van der Waals surface area contributed by atoms with Crippen LogP contribution in [0, 0.1) is 0 Å². The molecule has 1 unspecified atom stereocenters. The molecule has 0 spiro atoms. The molecule has 25 heavy (non-hydrogen) atoms. The van der Waals surface area contributed by atoms with Crippen molar-refractivity contribution in [1.82, 2.24) is 14.9 Å². The minimum Gasteiger partial charge on any atom is -0.348 e. The summed E-state index contributed by atoms with van der Waals surface area (Å²) in [6.07, 6.45) is 3.24. The van der Waals surface area contributed by atoms with Gasteiger partial charge in [0, 0.05) is 0 Å². The van der Waals surface area contributed by atoms with Gasteiger partial charge >= 0.3 is 0 Å². The number of nitrogens with zero attached hydrogens (tertiary/aromatic N) is 2. The smallest absolute Gasteiger partial charge is 0.261 e. The van der Waals surface area contributed by atoms with Gasteiger partial charge in [0.2, 0.25) is 5.91 Å². The molecule has 0 radical (unpaired) electrons. The molecular formula is C20H21N3O2. The highest BCUT2D eigenvalue weighted by Crippen LogP contribution is 2.18. The Morgan fingerprint density at radius 1 is 1.12 bits per heavy atom. The second kappa shape index (κ2) is 7.75. The molecule has 2 aromatic carbocycles. The van der Waals surface area contributed by atoms with Gasteiger partial charge in [0.05, 0.1) is 23.3 Å². The Morgan fingerprint density at radius 3 is 2.60 bits per heavy atom. The van der Waals surface area contributed by atoms with Gasteiger partial charge in [-0.2, -0.15) is 0 Å². The van der Waals surface area contributed by atoms with Gasteiger partial charge in [0.15, 0.2) is 0 Å². The van der Waals surface area contributed by atoms with Crippen molar-refractivity contribution in [2.45, 2.75) is 32.4 Å². The molecule has 0 aliphatic heterocycles. The second-order valence-electron chi connectivity index (χ2n) is 6.01. The summed E-state index contributed by atoms with van der Waals surface area (Å²) >= 11 is 0. The maximum absolute atomic E-state index is 12.5. The van der Waals surface area contributed by atoms with Crippen molar-refractivity contribution in [1.29, 1.82) is 0 Å². The fourth-order valence-corrected chi connectivity index (χ4v) is 2.91. The molecule has 0 fully saturated rings. The lowest BCUT2D eigenvalue weighted by Gasteiger charge is -2.19. The van der Waals surface area contributed by atoms with E-state index in [4.69, 9.17) is 0 Å². The highest BCUT2D eigenvalue weighted by Gasteiger charge is 2.15. The number of rotatable bonds is 6. The zero-order valence-corrected chi connectivity index (χ0v) is 14.2. The molecule has 1 N–H and O–H groups in total. The SMILES string of the molecule is CCCC(NC(=O)Cn1cnc2ccccc2c1=O)c1ccccc1. The molecule has 5 heteroatoms. The Hall–Kier alpha value is -2.95. The van der Waals surface area contributed by atoms with Crippen molar-refractivity contribution in [2.24, 2.45) is 0 Å². The van der Waals surface area contributed by atoms with E-state index in [1.807, 2.05) is 36.4 Å². The Bertz CT molecular complexity index is 919. The summed E-state index contributed by atoms with van der Waals surface area (Å²) in [5.41, 5.74) is 1.51. The summed E-state index contributed by atoms with van der Waals surface area (Å²) in [5.74, 6) is -0.193. The quantitative estimate of drug-likeness (QED) is 0.753. The lowest BCUT2D eigenvalue weighted by Crippen LogP contribution is -2.34. The lowest BCUT2D eigenvalue weighted by atomic mass is 10.0. The molecule has 0 bridgehead atoms. The third kappa shape index (κ3) is 3.94. The van der Waals surface area contributed by atoms with Crippen LogP contribution >= 0.6 is 0 Å². The molecule has 0 aliphatic rings. The van der Waals surface area contributed by atoms with Crippen molar-refractivity contribution >= 4 is 16.8 Å². The van der Waals surface area contributed by atoms with E-state index in [1.165, 1.54) is 10.9 Å². The molecule has 0 saturated carbocycles. The van der Waals surface area contributed by atoms with Crippen LogP contribution in [0.25, 0.3) is 10.9 Å². The maximum Gasteiger partial charge on any atom is 0.261 e. The van der Waals surface area contributed by atoms with Crippen molar-refractivity contribution in [2.75, 3.05) is 0 Å². The molecule has 0 aliphatic carbocycles. The fraction of sp³-hybridized carbons (Fsp3) is 0.250. The van der Waals surface area contributed by atoms with Crippen LogP contribution in [0.4, 0.5) is 0 Å². The molecule has 3 aromatic rings. The predicted octanol–water partition coefficient (Wildman–Crippen LogP) is 3.05. The van der Waals surface area contributed by atoms with Gasteiger partial charge in [-0.15, -0.1) is 0 Å². The average Bonchev–Trinajstić information content (AvgIpc) is 2.65. The number of aromatic nitrogens is 2. The molecule has 1 heterocycles. The number of carbonyl (C=O) groups is 1. The van der Waals surface area contributed by atoms with Crippen molar-refractivity contribution in [3.63, 3.8) is 0 Å². The number of nitrogens with one attached hydrogen (secondary N) is 1. The Balaban J connectivity index is 1.77. The van der Waals surface area contributed by atoms with E-state index in [0.29, 0.717) is 10.9 Å². The molecule has 5 nitrogen and oxygen atoms in total. The van der Waals surface area contributed by atoms with Gasteiger partial charge in [-0.3, -0.25) is 14.2 Å². The first-order valence-electron chi connectivity index (χ1n) is 8.47. The number of hydrogen-bond acceptors (Lipinski definition) is 3. The first-order valence-corrected chi connectivity index (χ1v) is 8.47. The molecule has 0 saturated heterocycles. The van der Waals surface area contributed by atoms with Crippen LogP contribution in [0.2, 0.25) is 0 Å². The van der Waals surface area contributed by atoms with Crippen LogP contribution in [-0.2, 0) is 11.3 Å². The monoisotopic (exact) mass is 335 g/mol. The predicted molar refractivity (Wildman–Crippen MR) is 98.2 cm³/mol. The first-order chi connectivity index (χ1) is 12.2. The van der Waals surface area contributed by atoms with E-state index in [9.17, 15) is 9.59 Å². The minimum absolute atomic E-state index is 0.0380. The van der Waals surface area contributed by atoms with E-state index in [0.717, 1.165) is 18.4 Å². The fourth-order valence-electron chi connectivity index (χ4n) is 2.91. The normalized spacial score (nSPS) is 12.0. The van der Waals surface area contributed by atoms with Gasteiger partial charge in [0.25, 0.3) is 5.56 Å². The largest absolute Gasteiger partial charge is 0.348 e. The summed E-state index contributed by atoms with van der Waals surface area (Å²) in [6.45, 7) is 2.05. The molecular weight excluding hydrogens is 314 g/mol. The molecule has 1 atom stereocenters. The van der Waals surface area contributed by atoms with Crippen LogP contribution in [0.15, 0.2) is 65.7 Å². The van der Waals surface area contributed by atoms with E-state index in [2.05, 4.69) is 17.2 Å². The van der Waals surface area contributed by atoms with Crippen LogP contribution in [0.1, 0.15) is 31.4 Å². The van der Waals surface area contributed by atoms with Crippen LogP contribution in [0.5, 0.6) is 0 Å². The topological polar surface area (TPSA) is 64.0 Å². The van der Waals surface area contributed by atoms with Gasteiger partial charge in [-0.05, 0) is 24.1 Å². The number of hydrogen-bond donors (Lipinski definition) is 1. The summed E-state index contributed by atoms with van der Waals surface area (Å²) in [7, 11) is 0. The zero-order chi connectivity index (χ0) is 17.6. The van der Waals surface area contributed by atoms with E-state index in [-0.39, 0.29) is 24.1 Å². The second-order valence-corrected chi connectivity index (χ2v) is 6.01. The molecule has 1 aromatic heterocycles. The average molecular weight is 335 g/mol. The third-order valence-electron chi connectivity index (χ3n) is 4.16. The molecule has 1 amide bonds. The number of fused-ring (bicyclic) bond motifs is 1. The van der Waals surface area contributed by atoms with Gasteiger partial charge in [-0.25, -0.2) is 4.98 Å². The first kappa shape index (κ1) is 16.9. The van der Waals surface area contributed by atoms with Crippen molar-refractivity contribution in [3.05, 3.63) is 76.8 Å². The molecule has 3 rings (SSSR count). The number of para-hydroxylation sites is 1. The zero-order valence-electron chi connectivity index (χ0n) is 14.2. The Kier molecular flexibility index (Phi) is 5.23. The van der Waals surface area contributed by atoms with Crippen LogP contribution in [-0.4, -0.2) is 15.5 Å². The maximum atomic E-state index is 12.5. The van der Waals surface area contributed by atoms with Crippen LogP contribution in [0.3, 0.4) is 0 Å². The standard InChI is InChI=1S/C20H21N3O2/c1-2-8-17(15-9-4-3-5-10-15)22-19(24)13-23-14-21-18-12-7-6-11-16(18)20(23)25/h3-7,9-12,14,17H,2,8,13H2,1H3,(H,22,24). The van der Waals surface area contributed by atoms with Gasteiger partial charge < -0.3 is 5.32 Å². The van der Waals surface area contributed by atoms with E-state index in [1.54, 1.807) is 18.2 Å². The molecule has 128 valence electrons. The third-order valence-corrected chi connectivity index (χ3v) is 4.16. The summed E-state index contributed by atoms with van der Waals surface area (Å²) < 4.78 is 1.35. The summed E-state index contributed by atoms with van der Waals surface area (Å²) in [6, 6.07) is 17.0. The van der Waals surface area contributed by atoms with E-state index < -0.39 is 0 Å². The van der Waals surface area contributed by atoms with Crippen molar-refractivity contribution < 1.29 is 4.79 Å².